The highest BCUT2D eigenvalue weighted by Crippen LogP contribution is 2.45. The molecule has 0 saturated heterocycles. The van der Waals surface area contributed by atoms with Gasteiger partial charge in [-0.3, -0.25) is 4.79 Å². The second-order valence-corrected chi connectivity index (χ2v) is 8.96. The number of hydrogen-bond acceptors (Lipinski definition) is 3. The Morgan fingerprint density at radius 1 is 0.966 bits per heavy atom. The number of anilines is 1. The van der Waals surface area contributed by atoms with Crippen LogP contribution < -0.4 is 5.32 Å². The Balaban J connectivity index is 1.84. The van der Waals surface area contributed by atoms with Crippen LogP contribution in [0.3, 0.4) is 0 Å². The minimum Gasteiger partial charge on any atom is -0.466 e. The Hall–Kier alpha value is -2.88. The molecule has 0 bridgehead atoms. The number of methoxy groups -OCH3 is 1. The summed E-state index contributed by atoms with van der Waals surface area (Å²) in [5, 5.41) is 2.97. The highest BCUT2D eigenvalue weighted by molar-refractivity contribution is 6.04. The summed E-state index contributed by atoms with van der Waals surface area (Å²) in [5.74, 6) is -0.555. The van der Waals surface area contributed by atoms with E-state index >= 15 is 0 Å². The predicted molar refractivity (Wildman–Crippen MR) is 117 cm³/mol. The Labute approximate surface area is 173 Å². The van der Waals surface area contributed by atoms with Gasteiger partial charge >= 0.3 is 5.97 Å². The van der Waals surface area contributed by atoms with Crippen LogP contribution in [0.2, 0.25) is 0 Å². The first-order chi connectivity index (χ1) is 13.6. The topological polar surface area (TPSA) is 55.4 Å². The summed E-state index contributed by atoms with van der Waals surface area (Å²) in [6.45, 7) is 9.04. The minimum atomic E-state index is -0.418. The molecule has 1 aliphatic rings. The standard InChI is InChI=1S/C25H29NO3/c1-24(2)13-14-25(3,4)21-16-18(10-11-20(21)24)23(28)26-19-8-6-7-17(15-19)9-12-22(27)29-5/h6-12,15-16H,13-14H2,1-5H3,(H,26,28). The molecule has 0 saturated carbocycles. The number of carbonyl (C=O) groups excluding carboxylic acids is 2. The van der Waals surface area contributed by atoms with E-state index in [1.54, 1.807) is 6.08 Å². The molecule has 3 rings (SSSR count). The summed E-state index contributed by atoms with van der Waals surface area (Å²) in [5.41, 5.74) is 4.92. The SMILES string of the molecule is COC(=O)C=Cc1cccc(NC(=O)c2ccc3c(c2)C(C)(C)CCC3(C)C)c1. The van der Waals surface area contributed by atoms with E-state index in [0.717, 1.165) is 18.4 Å². The van der Waals surface area contributed by atoms with Gasteiger partial charge in [0.05, 0.1) is 7.11 Å². The Morgan fingerprint density at radius 3 is 2.34 bits per heavy atom. The van der Waals surface area contributed by atoms with E-state index in [0.29, 0.717) is 11.3 Å². The zero-order valence-corrected chi connectivity index (χ0v) is 17.8. The van der Waals surface area contributed by atoms with Crippen molar-refractivity contribution < 1.29 is 14.3 Å². The summed E-state index contributed by atoms with van der Waals surface area (Å²) in [6.07, 6.45) is 5.26. The quantitative estimate of drug-likeness (QED) is 0.555. The molecule has 0 fully saturated rings. The number of hydrogen-bond donors (Lipinski definition) is 1. The second-order valence-electron chi connectivity index (χ2n) is 8.96. The molecular formula is C25H29NO3. The molecule has 1 amide bonds. The van der Waals surface area contributed by atoms with Crippen LogP contribution in [0, 0.1) is 0 Å². The largest absolute Gasteiger partial charge is 0.466 e. The molecule has 2 aromatic rings. The first-order valence-electron chi connectivity index (χ1n) is 9.95. The average molecular weight is 392 g/mol. The molecule has 0 aliphatic heterocycles. The van der Waals surface area contributed by atoms with E-state index < -0.39 is 5.97 Å². The van der Waals surface area contributed by atoms with Crippen LogP contribution in [0.25, 0.3) is 6.08 Å². The van der Waals surface area contributed by atoms with Gasteiger partial charge in [-0.25, -0.2) is 4.79 Å². The van der Waals surface area contributed by atoms with Crippen molar-refractivity contribution in [1.29, 1.82) is 0 Å². The number of nitrogens with one attached hydrogen (secondary N) is 1. The molecule has 0 aromatic heterocycles. The highest BCUT2D eigenvalue weighted by atomic mass is 16.5. The number of benzene rings is 2. The van der Waals surface area contributed by atoms with Crippen LogP contribution in [-0.2, 0) is 20.4 Å². The fourth-order valence-electron chi connectivity index (χ4n) is 3.89. The van der Waals surface area contributed by atoms with Gasteiger partial charge in [-0.1, -0.05) is 45.9 Å². The Bertz CT molecular complexity index is 970. The van der Waals surface area contributed by atoms with Crippen molar-refractivity contribution in [3.63, 3.8) is 0 Å². The number of fused-ring (bicyclic) bond motifs is 1. The molecule has 0 spiro atoms. The van der Waals surface area contributed by atoms with Crippen molar-refractivity contribution in [3.8, 4) is 0 Å². The lowest BCUT2D eigenvalue weighted by atomic mass is 9.63. The van der Waals surface area contributed by atoms with Gasteiger partial charge in [-0.05, 0) is 70.7 Å². The summed E-state index contributed by atoms with van der Waals surface area (Å²) >= 11 is 0. The summed E-state index contributed by atoms with van der Waals surface area (Å²) in [7, 11) is 1.34. The number of carbonyl (C=O) groups is 2. The lowest BCUT2D eigenvalue weighted by molar-refractivity contribution is -0.134. The molecule has 0 radical (unpaired) electrons. The van der Waals surface area contributed by atoms with Crippen LogP contribution >= 0.6 is 0 Å². The molecule has 0 atom stereocenters. The summed E-state index contributed by atoms with van der Waals surface area (Å²) in [6, 6.07) is 13.4. The third-order valence-corrected chi connectivity index (χ3v) is 5.87. The van der Waals surface area contributed by atoms with Crippen LogP contribution in [0.15, 0.2) is 48.5 Å². The van der Waals surface area contributed by atoms with E-state index in [9.17, 15) is 9.59 Å². The zero-order valence-electron chi connectivity index (χ0n) is 17.8. The molecule has 152 valence electrons. The summed E-state index contributed by atoms with van der Waals surface area (Å²) in [4.78, 5) is 24.2. The first-order valence-corrected chi connectivity index (χ1v) is 9.95. The van der Waals surface area contributed by atoms with Gasteiger partial charge in [0.2, 0.25) is 0 Å². The summed E-state index contributed by atoms with van der Waals surface area (Å²) < 4.78 is 4.61. The molecule has 1 N–H and O–H groups in total. The molecule has 4 nitrogen and oxygen atoms in total. The van der Waals surface area contributed by atoms with Gasteiger partial charge in [0.15, 0.2) is 0 Å². The molecule has 2 aromatic carbocycles. The lowest BCUT2D eigenvalue weighted by Crippen LogP contribution is -2.34. The van der Waals surface area contributed by atoms with E-state index in [2.05, 4.69) is 43.8 Å². The van der Waals surface area contributed by atoms with Gasteiger partial charge in [0.1, 0.15) is 0 Å². The van der Waals surface area contributed by atoms with Crippen LogP contribution in [0.1, 0.15) is 67.6 Å². The maximum atomic E-state index is 12.9. The van der Waals surface area contributed by atoms with Crippen molar-refractivity contribution in [2.45, 2.75) is 51.4 Å². The van der Waals surface area contributed by atoms with E-state index in [1.807, 2.05) is 36.4 Å². The molecule has 4 heteroatoms. The van der Waals surface area contributed by atoms with Crippen molar-refractivity contribution in [2.24, 2.45) is 0 Å². The van der Waals surface area contributed by atoms with E-state index in [-0.39, 0.29) is 16.7 Å². The number of rotatable bonds is 4. The predicted octanol–water partition coefficient (Wildman–Crippen LogP) is 5.47. The Kier molecular flexibility index (Phi) is 5.65. The maximum absolute atomic E-state index is 12.9. The van der Waals surface area contributed by atoms with Crippen molar-refractivity contribution in [3.05, 3.63) is 70.8 Å². The third-order valence-electron chi connectivity index (χ3n) is 5.87. The monoisotopic (exact) mass is 391 g/mol. The van der Waals surface area contributed by atoms with E-state index in [1.165, 1.54) is 24.3 Å². The molecule has 29 heavy (non-hydrogen) atoms. The number of amides is 1. The third kappa shape index (κ3) is 4.58. The molecule has 0 unspecified atom stereocenters. The molecule has 1 aliphatic carbocycles. The minimum absolute atomic E-state index is 0.0553. The number of esters is 1. The highest BCUT2D eigenvalue weighted by Gasteiger charge is 2.37. The molecular weight excluding hydrogens is 362 g/mol. The first kappa shape index (κ1) is 20.8. The van der Waals surface area contributed by atoms with Crippen molar-refractivity contribution >= 4 is 23.6 Å². The van der Waals surface area contributed by atoms with Crippen LogP contribution in [0.4, 0.5) is 5.69 Å². The lowest BCUT2D eigenvalue weighted by Gasteiger charge is -2.42. The number of ether oxygens (including phenoxy) is 1. The fourth-order valence-corrected chi connectivity index (χ4v) is 3.89. The van der Waals surface area contributed by atoms with Gasteiger partial charge in [0, 0.05) is 17.3 Å². The maximum Gasteiger partial charge on any atom is 0.330 e. The smallest absolute Gasteiger partial charge is 0.330 e. The normalized spacial score (nSPS) is 16.9. The van der Waals surface area contributed by atoms with Crippen LogP contribution in [0.5, 0.6) is 0 Å². The van der Waals surface area contributed by atoms with Crippen molar-refractivity contribution in [2.75, 3.05) is 12.4 Å². The van der Waals surface area contributed by atoms with Crippen LogP contribution in [-0.4, -0.2) is 19.0 Å². The van der Waals surface area contributed by atoms with Crippen molar-refractivity contribution in [1.82, 2.24) is 0 Å². The molecule has 0 heterocycles. The van der Waals surface area contributed by atoms with Gasteiger partial charge in [-0.2, -0.15) is 0 Å². The van der Waals surface area contributed by atoms with Gasteiger partial charge < -0.3 is 10.1 Å². The second kappa shape index (κ2) is 7.86. The Morgan fingerprint density at radius 2 is 1.66 bits per heavy atom. The zero-order chi connectivity index (χ0) is 21.2. The van der Waals surface area contributed by atoms with Gasteiger partial charge in [0.25, 0.3) is 5.91 Å². The average Bonchev–Trinajstić information content (AvgIpc) is 2.69. The fraction of sp³-hybridized carbons (Fsp3) is 0.360. The van der Waals surface area contributed by atoms with E-state index in [4.69, 9.17) is 0 Å². The van der Waals surface area contributed by atoms with Gasteiger partial charge in [-0.15, -0.1) is 0 Å².